The minimum absolute atomic E-state index is 0.0999. The molecule has 4 rings (SSSR count). The summed E-state index contributed by atoms with van der Waals surface area (Å²) in [5.41, 5.74) is 0. The van der Waals surface area contributed by atoms with E-state index in [1.54, 1.807) is 12.3 Å². The van der Waals surface area contributed by atoms with Crippen molar-refractivity contribution in [2.75, 3.05) is 6.61 Å². The van der Waals surface area contributed by atoms with Crippen molar-refractivity contribution < 1.29 is 18.7 Å². The van der Waals surface area contributed by atoms with Crippen molar-refractivity contribution in [2.24, 2.45) is 7.05 Å². The number of amides is 1. The molecule has 9 heteroatoms. The number of fused-ring (bicyclic) bond motifs is 1. The highest BCUT2D eigenvalue weighted by atomic mass is 32.2. The second-order valence-corrected chi connectivity index (χ2v) is 7.63. The van der Waals surface area contributed by atoms with Crippen molar-refractivity contribution >= 4 is 17.7 Å². The Balaban J connectivity index is 1.39. The highest BCUT2D eigenvalue weighted by molar-refractivity contribution is 8.00. The zero-order valence-corrected chi connectivity index (χ0v) is 16.3. The van der Waals surface area contributed by atoms with Crippen LogP contribution in [0.1, 0.15) is 24.6 Å². The third-order valence-corrected chi connectivity index (χ3v) is 5.47. The lowest BCUT2D eigenvalue weighted by molar-refractivity contribution is -0.120. The average molecular weight is 400 g/mol. The summed E-state index contributed by atoms with van der Waals surface area (Å²) in [6.07, 6.45) is 1.22. The van der Waals surface area contributed by atoms with Gasteiger partial charge in [-0.05, 0) is 31.2 Å². The molecule has 0 radical (unpaired) electrons. The number of carbonyl (C=O) groups is 1. The smallest absolute Gasteiger partial charge is 0.233 e. The number of para-hydroxylation sites is 2. The number of rotatable bonds is 6. The third-order valence-electron chi connectivity index (χ3n) is 4.33. The zero-order chi connectivity index (χ0) is 19.5. The maximum atomic E-state index is 12.3. The van der Waals surface area contributed by atoms with E-state index in [2.05, 4.69) is 15.5 Å². The predicted octanol–water partition coefficient (Wildman–Crippen LogP) is 2.72. The number of carbonyl (C=O) groups excluding carboxylic acids is 1. The molecule has 0 saturated heterocycles. The van der Waals surface area contributed by atoms with Gasteiger partial charge in [-0.3, -0.25) is 4.79 Å². The van der Waals surface area contributed by atoms with Crippen LogP contribution in [0.25, 0.3) is 0 Å². The molecule has 1 aromatic carbocycles. The second kappa shape index (κ2) is 7.97. The highest BCUT2D eigenvalue weighted by Crippen LogP contribution is 2.36. The summed E-state index contributed by atoms with van der Waals surface area (Å²) < 4.78 is 18.8. The molecule has 2 aromatic heterocycles. The topological polar surface area (TPSA) is 91.4 Å². The number of thioether (sulfide) groups is 1. The maximum Gasteiger partial charge on any atom is 0.233 e. The molecule has 0 saturated carbocycles. The molecule has 1 amide bonds. The largest absolute Gasteiger partial charge is 0.485 e. The van der Waals surface area contributed by atoms with Crippen molar-refractivity contribution in [2.45, 2.75) is 30.0 Å². The van der Waals surface area contributed by atoms with Gasteiger partial charge in [-0.2, -0.15) is 0 Å². The molecule has 3 aromatic rings. The van der Waals surface area contributed by atoms with Crippen molar-refractivity contribution in [3.8, 4) is 11.5 Å². The van der Waals surface area contributed by atoms with Gasteiger partial charge in [-0.15, -0.1) is 10.2 Å². The van der Waals surface area contributed by atoms with E-state index in [0.29, 0.717) is 35.6 Å². The van der Waals surface area contributed by atoms with Crippen LogP contribution in [0.4, 0.5) is 0 Å². The average Bonchev–Trinajstić information content (AvgIpc) is 3.36. The fourth-order valence-corrected chi connectivity index (χ4v) is 3.64. The number of benzene rings is 1. The molecule has 8 nitrogen and oxygen atoms in total. The first-order valence-corrected chi connectivity index (χ1v) is 9.74. The lowest BCUT2D eigenvalue weighted by Crippen LogP contribution is -2.30. The molecule has 2 atom stereocenters. The molecule has 3 heterocycles. The minimum Gasteiger partial charge on any atom is -0.485 e. The van der Waals surface area contributed by atoms with Crippen LogP contribution in [0.2, 0.25) is 0 Å². The van der Waals surface area contributed by atoms with E-state index in [4.69, 9.17) is 13.9 Å². The Hall–Kier alpha value is -2.94. The fraction of sp³-hybridized carbons (Fsp3) is 0.316. The van der Waals surface area contributed by atoms with Gasteiger partial charge in [0.15, 0.2) is 28.6 Å². The van der Waals surface area contributed by atoms with Gasteiger partial charge in [-0.1, -0.05) is 23.9 Å². The molecule has 0 unspecified atom stereocenters. The van der Waals surface area contributed by atoms with Crippen molar-refractivity contribution in [3.63, 3.8) is 0 Å². The SMILES string of the molecule is C[C@H](Sc1nnc([C@@H]2COc3ccccc3O2)n1C)C(=O)NCc1ccco1. The van der Waals surface area contributed by atoms with Crippen molar-refractivity contribution in [1.82, 2.24) is 20.1 Å². The van der Waals surface area contributed by atoms with Crippen LogP contribution < -0.4 is 14.8 Å². The molecule has 1 N–H and O–H groups in total. The number of aromatic nitrogens is 3. The van der Waals surface area contributed by atoms with Gasteiger partial charge in [0.05, 0.1) is 18.1 Å². The standard InChI is InChI=1S/C19H20N4O4S/c1-12(18(24)20-10-13-6-5-9-25-13)28-19-22-21-17(23(19)2)16-11-26-14-7-3-4-8-15(14)27-16/h3-9,12,16H,10-11H2,1-2H3,(H,20,24)/t12-,16-/m0/s1. The minimum atomic E-state index is -0.357. The maximum absolute atomic E-state index is 12.3. The molecule has 1 aliphatic rings. The summed E-state index contributed by atoms with van der Waals surface area (Å²) in [7, 11) is 1.86. The zero-order valence-electron chi connectivity index (χ0n) is 15.5. The first-order valence-electron chi connectivity index (χ1n) is 8.86. The van der Waals surface area contributed by atoms with Crippen LogP contribution in [-0.4, -0.2) is 32.5 Å². The monoisotopic (exact) mass is 400 g/mol. The van der Waals surface area contributed by atoms with E-state index in [1.807, 2.05) is 48.9 Å². The van der Waals surface area contributed by atoms with Crippen molar-refractivity contribution in [1.29, 1.82) is 0 Å². The van der Waals surface area contributed by atoms with Crippen LogP contribution in [0.3, 0.4) is 0 Å². The summed E-state index contributed by atoms with van der Waals surface area (Å²) in [5.74, 6) is 2.66. The number of hydrogen-bond acceptors (Lipinski definition) is 7. The van der Waals surface area contributed by atoms with Crippen LogP contribution in [0.15, 0.2) is 52.2 Å². The van der Waals surface area contributed by atoms with Gasteiger partial charge in [0.1, 0.15) is 12.4 Å². The summed E-state index contributed by atoms with van der Waals surface area (Å²) in [6.45, 7) is 2.53. The third kappa shape index (κ3) is 3.84. The molecule has 1 aliphatic heterocycles. The lowest BCUT2D eigenvalue weighted by Gasteiger charge is -2.25. The summed E-state index contributed by atoms with van der Waals surface area (Å²) in [4.78, 5) is 12.3. The Bertz CT molecular complexity index is 957. The molecular weight excluding hydrogens is 380 g/mol. The summed E-state index contributed by atoms with van der Waals surface area (Å²) in [6, 6.07) is 11.1. The fourth-order valence-electron chi connectivity index (χ4n) is 2.80. The van der Waals surface area contributed by atoms with Gasteiger partial charge in [-0.25, -0.2) is 0 Å². The summed E-state index contributed by atoms with van der Waals surface area (Å²) in [5, 5.41) is 11.6. The van der Waals surface area contributed by atoms with E-state index in [0.717, 1.165) is 5.75 Å². The van der Waals surface area contributed by atoms with Gasteiger partial charge >= 0.3 is 0 Å². The van der Waals surface area contributed by atoms with E-state index in [9.17, 15) is 4.79 Å². The normalized spacial score (nSPS) is 16.6. The highest BCUT2D eigenvalue weighted by Gasteiger charge is 2.28. The van der Waals surface area contributed by atoms with E-state index in [1.165, 1.54) is 11.8 Å². The molecule has 0 fully saturated rings. The molecule has 0 bridgehead atoms. The summed E-state index contributed by atoms with van der Waals surface area (Å²) >= 11 is 1.34. The quantitative estimate of drug-likeness (QED) is 0.636. The van der Waals surface area contributed by atoms with E-state index in [-0.39, 0.29) is 17.3 Å². The Kier molecular flexibility index (Phi) is 5.25. The van der Waals surface area contributed by atoms with Crippen molar-refractivity contribution in [3.05, 3.63) is 54.2 Å². The van der Waals surface area contributed by atoms with Crippen LogP contribution in [-0.2, 0) is 18.4 Å². The number of hydrogen-bond donors (Lipinski definition) is 1. The van der Waals surface area contributed by atoms with E-state index < -0.39 is 0 Å². The van der Waals surface area contributed by atoms with Gasteiger partial charge in [0.25, 0.3) is 0 Å². The Morgan fingerprint density at radius 1 is 1.29 bits per heavy atom. The van der Waals surface area contributed by atoms with Crippen LogP contribution >= 0.6 is 11.8 Å². The first kappa shape index (κ1) is 18.4. The molecule has 0 spiro atoms. The lowest BCUT2D eigenvalue weighted by atomic mass is 10.2. The van der Waals surface area contributed by atoms with Gasteiger partial charge in [0.2, 0.25) is 5.91 Å². The number of furan rings is 1. The first-order chi connectivity index (χ1) is 13.6. The number of nitrogens with zero attached hydrogens (tertiary/aromatic N) is 3. The predicted molar refractivity (Wildman–Crippen MR) is 102 cm³/mol. The number of nitrogens with one attached hydrogen (secondary N) is 1. The Labute approximate surface area is 166 Å². The molecule has 0 aliphatic carbocycles. The van der Waals surface area contributed by atoms with E-state index >= 15 is 0 Å². The Morgan fingerprint density at radius 3 is 2.89 bits per heavy atom. The molecule has 28 heavy (non-hydrogen) atoms. The number of ether oxygens (including phenoxy) is 2. The van der Waals surface area contributed by atoms with Crippen LogP contribution in [0, 0.1) is 0 Å². The molecule has 146 valence electrons. The van der Waals surface area contributed by atoms with Gasteiger partial charge in [0, 0.05) is 7.05 Å². The van der Waals surface area contributed by atoms with Crippen LogP contribution in [0.5, 0.6) is 11.5 Å². The van der Waals surface area contributed by atoms with Gasteiger partial charge < -0.3 is 23.8 Å². The second-order valence-electron chi connectivity index (χ2n) is 6.32. The Morgan fingerprint density at radius 2 is 2.11 bits per heavy atom. The molecular formula is C19H20N4O4S.